The van der Waals surface area contributed by atoms with Gasteiger partial charge in [0.1, 0.15) is 11.2 Å². The minimum absolute atomic E-state index is 0.0860. The van der Waals surface area contributed by atoms with Crippen LogP contribution in [0.25, 0.3) is 44.7 Å². The van der Waals surface area contributed by atoms with Crippen LogP contribution in [0.15, 0.2) is 79.3 Å². The highest BCUT2D eigenvalue weighted by Crippen LogP contribution is 2.32. The van der Waals surface area contributed by atoms with Gasteiger partial charge in [0.2, 0.25) is 5.91 Å². The first-order valence-corrected chi connectivity index (χ1v) is 13.7. The van der Waals surface area contributed by atoms with Crippen LogP contribution in [0.3, 0.4) is 0 Å². The first-order chi connectivity index (χ1) is 20.1. The number of pyridine rings is 2. The summed E-state index contributed by atoms with van der Waals surface area (Å²) in [6.07, 6.45) is 5.58. The van der Waals surface area contributed by atoms with Crippen molar-refractivity contribution in [3.63, 3.8) is 0 Å². The lowest BCUT2D eigenvalue weighted by atomic mass is 10.0. The van der Waals surface area contributed by atoms with Gasteiger partial charge in [-0.25, -0.2) is 9.97 Å². The monoisotopic (exact) mass is 543 g/mol. The fraction of sp³-hybridized carbons (Fsp3) is 0.194. The number of anilines is 2. The number of nitrogens with zero attached hydrogens (tertiary/aromatic N) is 6. The molecule has 10 nitrogen and oxygen atoms in total. The number of imidazole rings is 1. The quantitative estimate of drug-likeness (QED) is 0.283. The Bertz CT molecular complexity index is 1850. The van der Waals surface area contributed by atoms with E-state index in [1.807, 2.05) is 54.7 Å². The molecule has 6 aromatic rings. The van der Waals surface area contributed by atoms with Crippen LogP contribution in [0.1, 0.15) is 5.56 Å². The van der Waals surface area contributed by atoms with E-state index in [-0.39, 0.29) is 5.91 Å². The number of H-pyrrole nitrogens is 2. The normalized spacial score (nSPS) is 14.1. The number of nitrogens with one attached hydrogen (secondary N) is 3. The summed E-state index contributed by atoms with van der Waals surface area (Å²) in [5.74, 6) is 0.578. The van der Waals surface area contributed by atoms with E-state index in [1.54, 1.807) is 12.4 Å². The molecular weight excluding hydrogens is 514 g/mol. The average Bonchev–Trinajstić information content (AvgIpc) is 3.62. The molecule has 1 fully saturated rings. The molecule has 1 amide bonds. The maximum absolute atomic E-state index is 12.6. The fourth-order valence-corrected chi connectivity index (χ4v) is 5.35. The molecule has 0 bridgehead atoms. The van der Waals surface area contributed by atoms with E-state index in [9.17, 15) is 4.79 Å². The molecule has 0 aliphatic carbocycles. The molecule has 0 atom stereocenters. The van der Waals surface area contributed by atoms with Crippen molar-refractivity contribution in [1.29, 1.82) is 0 Å². The van der Waals surface area contributed by atoms with E-state index in [0.29, 0.717) is 23.6 Å². The van der Waals surface area contributed by atoms with Crippen molar-refractivity contribution >= 4 is 39.3 Å². The number of hydrogen-bond donors (Lipinski definition) is 3. The molecule has 0 spiro atoms. The molecule has 0 unspecified atom stereocenters. The molecular formula is C31H29N9O. The third kappa shape index (κ3) is 5.01. The summed E-state index contributed by atoms with van der Waals surface area (Å²) in [6, 6.07) is 19.8. The van der Waals surface area contributed by atoms with Crippen LogP contribution in [0.5, 0.6) is 0 Å². The minimum atomic E-state index is -0.0860. The molecule has 1 aliphatic heterocycles. The lowest BCUT2D eigenvalue weighted by molar-refractivity contribution is -0.115. The standard InChI is InChI=1S/C31H29N9O/c1-39-11-13-40(14-12-39)26-9-10-33-30-29(26)35-31(36-30)28-24-17-21(7-8-25(24)37-38-28)22-16-23(19-32-18-22)34-27(41)15-20-5-3-2-4-6-20/h2-10,16-19H,11-15H2,1H3,(H,34,41)(H,37,38)(H,33,35,36). The Balaban J connectivity index is 1.18. The fourth-order valence-electron chi connectivity index (χ4n) is 5.35. The highest BCUT2D eigenvalue weighted by atomic mass is 16.1. The van der Waals surface area contributed by atoms with Crippen LogP contribution in [-0.2, 0) is 11.2 Å². The zero-order valence-corrected chi connectivity index (χ0v) is 22.6. The molecule has 204 valence electrons. The lowest BCUT2D eigenvalue weighted by Crippen LogP contribution is -2.44. The summed E-state index contributed by atoms with van der Waals surface area (Å²) < 4.78 is 0. The summed E-state index contributed by atoms with van der Waals surface area (Å²) in [6.45, 7) is 3.95. The first kappa shape index (κ1) is 24.9. The molecule has 1 saturated heterocycles. The summed E-state index contributed by atoms with van der Waals surface area (Å²) in [7, 11) is 2.15. The number of amides is 1. The zero-order valence-electron chi connectivity index (χ0n) is 22.6. The van der Waals surface area contributed by atoms with E-state index < -0.39 is 0 Å². The molecule has 41 heavy (non-hydrogen) atoms. The van der Waals surface area contributed by atoms with Crippen molar-refractivity contribution in [3.8, 4) is 22.6 Å². The predicted molar refractivity (Wildman–Crippen MR) is 161 cm³/mol. The highest BCUT2D eigenvalue weighted by molar-refractivity contribution is 5.97. The molecule has 3 N–H and O–H groups in total. The molecule has 7 rings (SSSR count). The van der Waals surface area contributed by atoms with E-state index in [2.05, 4.69) is 59.4 Å². The second-order valence-corrected chi connectivity index (χ2v) is 10.4. The Labute approximate surface area is 236 Å². The number of rotatable bonds is 6. The number of aromatic amines is 2. The van der Waals surface area contributed by atoms with E-state index in [1.165, 1.54) is 0 Å². The van der Waals surface area contributed by atoms with Crippen molar-refractivity contribution in [3.05, 3.63) is 84.8 Å². The van der Waals surface area contributed by atoms with Gasteiger partial charge in [0.25, 0.3) is 0 Å². The number of hydrogen-bond acceptors (Lipinski definition) is 7. The maximum atomic E-state index is 12.6. The second-order valence-electron chi connectivity index (χ2n) is 10.4. The van der Waals surface area contributed by atoms with Crippen LogP contribution in [0.4, 0.5) is 11.4 Å². The minimum Gasteiger partial charge on any atom is -0.367 e. The summed E-state index contributed by atoms with van der Waals surface area (Å²) in [5, 5.41) is 11.6. The van der Waals surface area contributed by atoms with Gasteiger partial charge in [0, 0.05) is 49.5 Å². The Kier molecular flexibility index (Phi) is 6.36. The maximum Gasteiger partial charge on any atom is 0.228 e. The third-order valence-electron chi connectivity index (χ3n) is 7.56. The number of carbonyl (C=O) groups excluding carboxylic acids is 1. The second kappa shape index (κ2) is 10.5. The predicted octanol–water partition coefficient (Wildman–Crippen LogP) is 4.50. The number of piperazine rings is 1. The van der Waals surface area contributed by atoms with Crippen molar-refractivity contribution < 1.29 is 4.79 Å². The Morgan fingerprint density at radius 2 is 1.83 bits per heavy atom. The molecule has 10 heteroatoms. The summed E-state index contributed by atoms with van der Waals surface area (Å²) in [4.78, 5) is 34.6. The van der Waals surface area contributed by atoms with Gasteiger partial charge in [-0.05, 0) is 42.4 Å². The number of carbonyl (C=O) groups is 1. The van der Waals surface area contributed by atoms with Crippen molar-refractivity contribution in [2.45, 2.75) is 6.42 Å². The van der Waals surface area contributed by atoms with Gasteiger partial charge in [0.05, 0.1) is 29.5 Å². The SMILES string of the molecule is CN1CCN(c2ccnc3nc(-c4n[nH]c5ccc(-c6cncc(NC(=O)Cc7ccccc7)c6)cc45)[nH]c23)CC1. The van der Waals surface area contributed by atoms with E-state index in [0.717, 1.165) is 70.7 Å². The number of benzene rings is 2. The van der Waals surface area contributed by atoms with Crippen LogP contribution in [0.2, 0.25) is 0 Å². The Hall–Kier alpha value is -5.09. The molecule has 1 aliphatic rings. The third-order valence-corrected chi connectivity index (χ3v) is 7.56. The molecule has 0 radical (unpaired) electrons. The van der Waals surface area contributed by atoms with E-state index in [4.69, 9.17) is 4.98 Å². The smallest absolute Gasteiger partial charge is 0.228 e. The number of aromatic nitrogens is 6. The number of fused-ring (bicyclic) bond motifs is 2. The molecule has 0 saturated carbocycles. The summed E-state index contributed by atoms with van der Waals surface area (Å²) in [5.41, 5.74) is 7.79. The summed E-state index contributed by atoms with van der Waals surface area (Å²) >= 11 is 0. The molecule has 4 aromatic heterocycles. The molecule has 5 heterocycles. The van der Waals surface area contributed by atoms with Crippen LogP contribution >= 0.6 is 0 Å². The largest absolute Gasteiger partial charge is 0.367 e. The van der Waals surface area contributed by atoms with Crippen LogP contribution in [0, 0.1) is 0 Å². The van der Waals surface area contributed by atoms with Gasteiger partial charge in [-0.2, -0.15) is 5.10 Å². The lowest BCUT2D eigenvalue weighted by Gasteiger charge is -2.34. The highest BCUT2D eigenvalue weighted by Gasteiger charge is 2.20. The first-order valence-electron chi connectivity index (χ1n) is 13.7. The van der Waals surface area contributed by atoms with E-state index >= 15 is 0 Å². The van der Waals surface area contributed by atoms with Crippen molar-refractivity contribution in [2.24, 2.45) is 0 Å². The van der Waals surface area contributed by atoms with Crippen LogP contribution in [-0.4, -0.2) is 74.2 Å². The Morgan fingerprint density at radius 1 is 0.976 bits per heavy atom. The van der Waals surface area contributed by atoms with Gasteiger partial charge >= 0.3 is 0 Å². The topological polar surface area (TPSA) is 119 Å². The van der Waals surface area contributed by atoms with Gasteiger partial charge in [-0.3, -0.25) is 14.9 Å². The van der Waals surface area contributed by atoms with Crippen molar-refractivity contribution in [2.75, 3.05) is 43.4 Å². The van der Waals surface area contributed by atoms with Gasteiger partial charge in [-0.1, -0.05) is 36.4 Å². The number of likely N-dealkylation sites (N-methyl/N-ethyl adjacent to an activating group) is 1. The van der Waals surface area contributed by atoms with Gasteiger partial charge in [0.15, 0.2) is 11.5 Å². The zero-order chi connectivity index (χ0) is 27.8. The van der Waals surface area contributed by atoms with Crippen LogP contribution < -0.4 is 10.2 Å². The Morgan fingerprint density at radius 3 is 2.68 bits per heavy atom. The molecule has 2 aromatic carbocycles. The van der Waals surface area contributed by atoms with Crippen molar-refractivity contribution in [1.82, 2.24) is 35.0 Å². The van der Waals surface area contributed by atoms with Gasteiger partial charge in [-0.15, -0.1) is 0 Å². The van der Waals surface area contributed by atoms with Gasteiger partial charge < -0.3 is 20.1 Å². The average molecular weight is 544 g/mol.